The van der Waals surface area contributed by atoms with E-state index in [4.69, 9.17) is 11.6 Å². The summed E-state index contributed by atoms with van der Waals surface area (Å²) < 4.78 is 1.37. The van der Waals surface area contributed by atoms with Gasteiger partial charge in [-0.2, -0.15) is 4.98 Å². The topological polar surface area (TPSA) is 64.0 Å². The predicted molar refractivity (Wildman–Crippen MR) is 121 cm³/mol. The summed E-state index contributed by atoms with van der Waals surface area (Å²) in [6, 6.07) is 20.5. The molecule has 6 heteroatoms. The fourth-order valence-electron chi connectivity index (χ4n) is 3.51. The molecule has 1 N–H and O–H groups in total. The van der Waals surface area contributed by atoms with Crippen molar-refractivity contribution in [3.05, 3.63) is 93.4 Å². The summed E-state index contributed by atoms with van der Waals surface area (Å²) >= 11 is 6.22. The molecule has 0 fully saturated rings. The van der Waals surface area contributed by atoms with Crippen LogP contribution in [0.2, 0.25) is 5.02 Å². The Labute approximate surface area is 179 Å². The number of aryl methyl sites for hydroxylation is 2. The number of fused-ring (bicyclic) bond motifs is 1. The third kappa shape index (κ3) is 3.98. The van der Waals surface area contributed by atoms with Crippen molar-refractivity contribution in [3.8, 4) is 11.3 Å². The number of hydrogen-bond acceptors (Lipinski definition) is 3. The highest BCUT2D eigenvalue weighted by atomic mass is 35.5. The Bertz CT molecular complexity index is 1310. The molecule has 3 aromatic carbocycles. The molecule has 0 radical (unpaired) electrons. The van der Waals surface area contributed by atoms with E-state index in [1.54, 1.807) is 18.2 Å². The number of hydrogen-bond donors (Lipinski definition) is 1. The summed E-state index contributed by atoms with van der Waals surface area (Å²) in [5.41, 5.74) is 4.28. The Morgan fingerprint density at radius 3 is 2.53 bits per heavy atom. The van der Waals surface area contributed by atoms with Crippen molar-refractivity contribution in [2.45, 2.75) is 20.4 Å². The first-order valence-electron chi connectivity index (χ1n) is 9.55. The summed E-state index contributed by atoms with van der Waals surface area (Å²) in [6.07, 6.45) is 0. The number of anilines is 1. The molecule has 1 amide bonds. The fourth-order valence-corrected chi connectivity index (χ4v) is 3.68. The number of amides is 1. The maximum atomic E-state index is 12.9. The standard InChI is InChI=1S/C24H20ClN3O2/c1-15-8-10-20(16(2)12-15)26-22(29)14-28-21-11-9-18(25)13-19(21)23(27-24(28)30)17-6-4-3-5-7-17/h3-13H,14H2,1-2H3,(H,26,29). The van der Waals surface area contributed by atoms with Crippen LogP contribution in [-0.4, -0.2) is 15.5 Å². The largest absolute Gasteiger partial charge is 0.349 e. The molecule has 1 aromatic heterocycles. The van der Waals surface area contributed by atoms with Crippen LogP contribution < -0.4 is 11.0 Å². The zero-order chi connectivity index (χ0) is 21.3. The summed E-state index contributed by atoms with van der Waals surface area (Å²) in [5.74, 6) is -0.297. The molecule has 0 aliphatic rings. The molecule has 5 nitrogen and oxygen atoms in total. The summed E-state index contributed by atoms with van der Waals surface area (Å²) in [4.78, 5) is 29.8. The lowest BCUT2D eigenvalue weighted by molar-refractivity contribution is -0.116. The van der Waals surface area contributed by atoms with E-state index in [9.17, 15) is 9.59 Å². The molecule has 0 saturated heterocycles. The number of rotatable bonds is 4. The van der Waals surface area contributed by atoms with Crippen molar-refractivity contribution in [3.63, 3.8) is 0 Å². The van der Waals surface area contributed by atoms with Crippen molar-refractivity contribution in [2.75, 3.05) is 5.32 Å². The van der Waals surface area contributed by atoms with Crippen LogP contribution in [0.15, 0.2) is 71.5 Å². The van der Waals surface area contributed by atoms with Gasteiger partial charge in [-0.05, 0) is 43.7 Å². The van der Waals surface area contributed by atoms with Gasteiger partial charge in [-0.25, -0.2) is 4.79 Å². The molecule has 30 heavy (non-hydrogen) atoms. The average molecular weight is 418 g/mol. The predicted octanol–water partition coefficient (Wildman–Crippen LogP) is 4.97. The molecule has 0 atom stereocenters. The molecule has 0 saturated carbocycles. The fraction of sp³-hybridized carbons (Fsp3) is 0.125. The van der Waals surface area contributed by atoms with Crippen LogP contribution in [0.5, 0.6) is 0 Å². The van der Waals surface area contributed by atoms with Crippen LogP contribution >= 0.6 is 11.6 Å². The van der Waals surface area contributed by atoms with Crippen molar-refractivity contribution in [1.29, 1.82) is 0 Å². The van der Waals surface area contributed by atoms with Gasteiger partial charge in [-0.15, -0.1) is 0 Å². The number of nitrogens with one attached hydrogen (secondary N) is 1. The lowest BCUT2D eigenvalue weighted by atomic mass is 10.1. The van der Waals surface area contributed by atoms with E-state index in [0.29, 0.717) is 21.6 Å². The van der Waals surface area contributed by atoms with Crippen LogP contribution in [0, 0.1) is 13.8 Å². The van der Waals surface area contributed by atoms with E-state index in [0.717, 1.165) is 22.4 Å². The Morgan fingerprint density at radius 2 is 1.80 bits per heavy atom. The molecular formula is C24H20ClN3O2. The van der Waals surface area contributed by atoms with E-state index >= 15 is 0 Å². The molecule has 4 aromatic rings. The van der Waals surface area contributed by atoms with Crippen molar-refractivity contribution < 1.29 is 4.79 Å². The van der Waals surface area contributed by atoms with Crippen LogP contribution in [0.4, 0.5) is 5.69 Å². The molecule has 0 spiro atoms. The number of nitrogens with zero attached hydrogens (tertiary/aromatic N) is 2. The van der Waals surface area contributed by atoms with Gasteiger partial charge in [0.25, 0.3) is 0 Å². The van der Waals surface area contributed by atoms with E-state index in [1.165, 1.54) is 4.57 Å². The van der Waals surface area contributed by atoms with Crippen molar-refractivity contribution in [2.24, 2.45) is 0 Å². The molecule has 0 aliphatic carbocycles. The molecular weight excluding hydrogens is 398 g/mol. The van der Waals surface area contributed by atoms with Crippen LogP contribution in [0.1, 0.15) is 11.1 Å². The van der Waals surface area contributed by atoms with E-state index in [2.05, 4.69) is 10.3 Å². The monoisotopic (exact) mass is 417 g/mol. The lowest BCUT2D eigenvalue weighted by Gasteiger charge is -2.14. The Kier molecular flexibility index (Phi) is 5.38. The highest BCUT2D eigenvalue weighted by Gasteiger charge is 2.15. The summed E-state index contributed by atoms with van der Waals surface area (Å²) in [7, 11) is 0. The van der Waals surface area contributed by atoms with Gasteiger partial charge in [0.15, 0.2) is 0 Å². The summed E-state index contributed by atoms with van der Waals surface area (Å²) in [5, 5.41) is 4.13. The number of carbonyl (C=O) groups excluding carboxylic acids is 1. The maximum Gasteiger partial charge on any atom is 0.349 e. The normalized spacial score (nSPS) is 10.9. The highest BCUT2D eigenvalue weighted by molar-refractivity contribution is 6.31. The molecule has 0 bridgehead atoms. The van der Waals surface area contributed by atoms with Gasteiger partial charge in [0.2, 0.25) is 5.91 Å². The van der Waals surface area contributed by atoms with Gasteiger partial charge in [0.1, 0.15) is 6.54 Å². The van der Waals surface area contributed by atoms with Gasteiger partial charge >= 0.3 is 5.69 Å². The molecule has 1 heterocycles. The number of halogens is 1. The van der Waals surface area contributed by atoms with Gasteiger partial charge in [0.05, 0.1) is 11.2 Å². The van der Waals surface area contributed by atoms with E-state index in [1.807, 2.05) is 62.4 Å². The third-order valence-corrected chi connectivity index (χ3v) is 5.18. The molecule has 0 aliphatic heterocycles. The van der Waals surface area contributed by atoms with Gasteiger partial charge in [0, 0.05) is 21.7 Å². The Hall–Kier alpha value is -3.44. The molecule has 150 valence electrons. The van der Waals surface area contributed by atoms with Gasteiger partial charge in [-0.3, -0.25) is 9.36 Å². The second-order valence-electron chi connectivity index (χ2n) is 7.22. The first-order chi connectivity index (χ1) is 14.4. The lowest BCUT2D eigenvalue weighted by Crippen LogP contribution is -2.30. The molecule has 0 unspecified atom stereocenters. The second kappa shape index (κ2) is 8.13. The third-order valence-electron chi connectivity index (χ3n) is 4.95. The van der Waals surface area contributed by atoms with Crippen molar-refractivity contribution >= 4 is 34.1 Å². The minimum absolute atomic E-state index is 0.146. The first-order valence-corrected chi connectivity index (χ1v) is 9.93. The summed E-state index contributed by atoms with van der Waals surface area (Å²) in [6.45, 7) is 3.78. The number of benzene rings is 3. The van der Waals surface area contributed by atoms with Crippen LogP contribution in [0.3, 0.4) is 0 Å². The van der Waals surface area contributed by atoms with Crippen LogP contribution in [0.25, 0.3) is 22.2 Å². The Balaban J connectivity index is 1.75. The molecule has 4 rings (SSSR count). The first kappa shape index (κ1) is 19.9. The van der Waals surface area contributed by atoms with Gasteiger partial charge < -0.3 is 5.32 Å². The van der Waals surface area contributed by atoms with E-state index < -0.39 is 5.69 Å². The zero-order valence-corrected chi connectivity index (χ0v) is 17.4. The maximum absolute atomic E-state index is 12.9. The average Bonchev–Trinajstić information content (AvgIpc) is 2.72. The number of aromatic nitrogens is 2. The number of carbonyl (C=O) groups is 1. The highest BCUT2D eigenvalue weighted by Crippen LogP contribution is 2.27. The smallest absolute Gasteiger partial charge is 0.324 e. The quantitative estimate of drug-likeness (QED) is 0.509. The van der Waals surface area contributed by atoms with Crippen LogP contribution in [-0.2, 0) is 11.3 Å². The van der Waals surface area contributed by atoms with Gasteiger partial charge in [-0.1, -0.05) is 59.6 Å². The minimum atomic E-state index is -0.487. The SMILES string of the molecule is Cc1ccc(NC(=O)Cn2c(=O)nc(-c3ccccc3)c3cc(Cl)ccc32)c(C)c1. The van der Waals surface area contributed by atoms with E-state index in [-0.39, 0.29) is 12.5 Å². The second-order valence-corrected chi connectivity index (χ2v) is 7.66. The Morgan fingerprint density at radius 1 is 1.03 bits per heavy atom. The zero-order valence-electron chi connectivity index (χ0n) is 16.6. The minimum Gasteiger partial charge on any atom is -0.324 e. The van der Waals surface area contributed by atoms with Crippen molar-refractivity contribution in [1.82, 2.24) is 9.55 Å².